The second-order valence-corrected chi connectivity index (χ2v) is 6.09. The van der Waals surface area contributed by atoms with Gasteiger partial charge in [-0.1, -0.05) is 0 Å². The third-order valence-corrected chi connectivity index (χ3v) is 4.26. The average Bonchev–Trinajstić information content (AvgIpc) is 3.26. The Kier molecular flexibility index (Phi) is 4.53. The molecule has 3 rings (SSSR count). The van der Waals surface area contributed by atoms with E-state index in [-0.39, 0.29) is 0 Å². The molecule has 1 aliphatic heterocycles. The molecule has 1 saturated heterocycles. The van der Waals surface area contributed by atoms with E-state index < -0.39 is 0 Å². The molecule has 0 bridgehead atoms. The second-order valence-electron chi connectivity index (χ2n) is 6.09. The van der Waals surface area contributed by atoms with Gasteiger partial charge in [-0.3, -0.25) is 9.88 Å². The molecule has 0 spiro atoms. The first-order valence-electron chi connectivity index (χ1n) is 7.97. The molecule has 4 heteroatoms. The van der Waals surface area contributed by atoms with Gasteiger partial charge in [0.15, 0.2) is 0 Å². The number of hydrogen-bond donors (Lipinski definition) is 1. The first-order valence-corrected chi connectivity index (χ1v) is 7.97. The summed E-state index contributed by atoms with van der Waals surface area (Å²) in [5.74, 6) is 1.01. The molecule has 2 fully saturated rings. The maximum Gasteiger partial charge on any atom is 0.0564 e. The maximum atomic E-state index is 4.50. The molecule has 1 aromatic rings. The molecule has 0 radical (unpaired) electrons. The molecule has 4 nitrogen and oxygen atoms in total. The Morgan fingerprint density at radius 3 is 2.65 bits per heavy atom. The first-order chi connectivity index (χ1) is 9.83. The van der Waals surface area contributed by atoms with E-state index in [2.05, 4.69) is 33.1 Å². The van der Waals surface area contributed by atoms with Crippen molar-refractivity contribution in [2.75, 3.05) is 44.6 Å². The lowest BCUT2D eigenvalue weighted by atomic mass is 10.2. The van der Waals surface area contributed by atoms with Gasteiger partial charge in [-0.2, -0.15) is 0 Å². The largest absolute Gasteiger partial charge is 0.385 e. The molecular formula is C16H26N4. The minimum atomic E-state index is 0.962. The second kappa shape index (κ2) is 6.55. The first kappa shape index (κ1) is 13.8. The molecule has 110 valence electrons. The smallest absolute Gasteiger partial charge is 0.0564 e. The van der Waals surface area contributed by atoms with Crippen LogP contribution >= 0.6 is 0 Å². The van der Waals surface area contributed by atoms with Crippen LogP contribution in [-0.4, -0.2) is 54.1 Å². The summed E-state index contributed by atoms with van der Waals surface area (Å²) < 4.78 is 0. The van der Waals surface area contributed by atoms with Gasteiger partial charge in [0, 0.05) is 57.7 Å². The zero-order chi connectivity index (χ0) is 13.8. The van der Waals surface area contributed by atoms with Gasteiger partial charge in [0.25, 0.3) is 0 Å². The summed E-state index contributed by atoms with van der Waals surface area (Å²) in [6, 6.07) is 4.22. The highest BCUT2D eigenvalue weighted by Gasteiger charge is 2.26. The van der Waals surface area contributed by atoms with Crippen LogP contribution in [0.4, 0.5) is 5.69 Å². The number of nitrogens with one attached hydrogen (secondary N) is 1. The summed E-state index contributed by atoms with van der Waals surface area (Å²) in [5.41, 5.74) is 2.36. The third kappa shape index (κ3) is 3.93. The molecule has 0 aromatic carbocycles. The lowest BCUT2D eigenvalue weighted by molar-refractivity contribution is 0.122. The Morgan fingerprint density at radius 2 is 1.95 bits per heavy atom. The fraction of sp³-hybridized carbons (Fsp3) is 0.688. The monoisotopic (exact) mass is 274 g/mol. The van der Waals surface area contributed by atoms with Crippen molar-refractivity contribution in [2.24, 2.45) is 5.92 Å². The van der Waals surface area contributed by atoms with Gasteiger partial charge in [0.2, 0.25) is 0 Å². The van der Waals surface area contributed by atoms with Crippen LogP contribution in [0.25, 0.3) is 0 Å². The molecule has 1 saturated carbocycles. The minimum Gasteiger partial charge on any atom is -0.385 e. The van der Waals surface area contributed by atoms with E-state index in [1.807, 2.05) is 12.3 Å². The number of hydrogen-bond acceptors (Lipinski definition) is 4. The van der Waals surface area contributed by atoms with Gasteiger partial charge in [0.1, 0.15) is 0 Å². The zero-order valence-electron chi connectivity index (χ0n) is 12.5. The van der Waals surface area contributed by atoms with Crippen LogP contribution in [-0.2, 0) is 6.54 Å². The van der Waals surface area contributed by atoms with Crippen molar-refractivity contribution in [1.82, 2.24) is 14.8 Å². The van der Waals surface area contributed by atoms with Gasteiger partial charge in [-0.05, 0) is 37.8 Å². The van der Waals surface area contributed by atoms with E-state index >= 15 is 0 Å². The quantitative estimate of drug-likeness (QED) is 0.860. The van der Waals surface area contributed by atoms with Crippen LogP contribution < -0.4 is 5.32 Å². The lowest BCUT2D eigenvalue weighted by Gasteiger charge is -2.34. The van der Waals surface area contributed by atoms with E-state index in [0.717, 1.165) is 19.0 Å². The summed E-state index contributed by atoms with van der Waals surface area (Å²) in [6.07, 6.45) is 4.83. The summed E-state index contributed by atoms with van der Waals surface area (Å²) >= 11 is 0. The number of nitrogens with zero attached hydrogens (tertiary/aromatic N) is 3. The van der Waals surface area contributed by atoms with Crippen molar-refractivity contribution < 1.29 is 0 Å². The van der Waals surface area contributed by atoms with Crippen molar-refractivity contribution in [3.63, 3.8) is 0 Å². The van der Waals surface area contributed by atoms with Gasteiger partial charge in [-0.15, -0.1) is 0 Å². The van der Waals surface area contributed by atoms with Gasteiger partial charge in [-0.25, -0.2) is 0 Å². The van der Waals surface area contributed by atoms with E-state index in [4.69, 9.17) is 0 Å². The molecule has 0 unspecified atom stereocenters. The Labute approximate surface area is 122 Å². The summed E-state index contributed by atoms with van der Waals surface area (Å²) in [4.78, 5) is 9.66. The normalized spacial score (nSPS) is 21.1. The van der Waals surface area contributed by atoms with Crippen molar-refractivity contribution in [3.8, 4) is 0 Å². The van der Waals surface area contributed by atoms with Crippen LogP contribution in [0.5, 0.6) is 0 Å². The van der Waals surface area contributed by atoms with E-state index in [0.29, 0.717) is 0 Å². The van der Waals surface area contributed by atoms with Gasteiger partial charge >= 0.3 is 0 Å². The highest BCUT2D eigenvalue weighted by Crippen LogP contribution is 2.29. The molecule has 1 N–H and O–H groups in total. The third-order valence-electron chi connectivity index (χ3n) is 4.26. The lowest BCUT2D eigenvalue weighted by Crippen LogP contribution is -2.46. The summed E-state index contributed by atoms with van der Waals surface area (Å²) in [6.45, 7) is 10.2. The molecule has 0 atom stereocenters. The number of anilines is 1. The van der Waals surface area contributed by atoms with Gasteiger partial charge < -0.3 is 10.2 Å². The summed E-state index contributed by atoms with van der Waals surface area (Å²) in [7, 11) is 0. The highest BCUT2D eigenvalue weighted by atomic mass is 15.3. The Morgan fingerprint density at radius 1 is 1.20 bits per heavy atom. The highest BCUT2D eigenvalue weighted by molar-refractivity contribution is 5.42. The fourth-order valence-electron chi connectivity index (χ4n) is 2.90. The molecular weight excluding hydrogens is 248 g/mol. The minimum absolute atomic E-state index is 0.962. The fourth-order valence-corrected chi connectivity index (χ4v) is 2.90. The number of rotatable bonds is 6. The number of piperazine rings is 1. The van der Waals surface area contributed by atoms with Crippen LogP contribution in [0.2, 0.25) is 0 Å². The molecule has 0 amide bonds. The van der Waals surface area contributed by atoms with Crippen LogP contribution in [0.3, 0.4) is 0 Å². The molecule has 20 heavy (non-hydrogen) atoms. The van der Waals surface area contributed by atoms with Crippen molar-refractivity contribution in [2.45, 2.75) is 26.3 Å². The number of pyridine rings is 1. The molecule has 1 aromatic heterocycles. The number of aromatic nitrogens is 1. The standard InChI is InChI=1S/C16H26N4/c1-2-17-15-5-6-18-16(11-15)13-20-9-7-19(8-10-20)12-14-3-4-14/h5-6,11,14H,2-4,7-10,12-13H2,1H3,(H,17,18). The Balaban J connectivity index is 1.47. The van der Waals surface area contributed by atoms with Gasteiger partial charge in [0.05, 0.1) is 5.69 Å². The zero-order valence-corrected chi connectivity index (χ0v) is 12.5. The van der Waals surface area contributed by atoms with Crippen molar-refractivity contribution >= 4 is 5.69 Å². The van der Waals surface area contributed by atoms with E-state index in [1.54, 1.807) is 0 Å². The molecule has 2 heterocycles. The Bertz CT molecular complexity index is 422. The van der Waals surface area contributed by atoms with Crippen LogP contribution in [0, 0.1) is 5.92 Å². The van der Waals surface area contributed by atoms with Crippen molar-refractivity contribution in [3.05, 3.63) is 24.0 Å². The predicted octanol–water partition coefficient (Wildman–Crippen LogP) is 2.04. The predicted molar refractivity (Wildman–Crippen MR) is 82.8 cm³/mol. The van der Waals surface area contributed by atoms with E-state index in [1.165, 1.54) is 56.9 Å². The molecule has 2 aliphatic rings. The average molecular weight is 274 g/mol. The topological polar surface area (TPSA) is 31.4 Å². The van der Waals surface area contributed by atoms with Crippen LogP contribution in [0.1, 0.15) is 25.5 Å². The SMILES string of the molecule is CCNc1ccnc(CN2CCN(CC3CC3)CC2)c1. The maximum absolute atomic E-state index is 4.50. The van der Waals surface area contributed by atoms with E-state index in [9.17, 15) is 0 Å². The van der Waals surface area contributed by atoms with Crippen molar-refractivity contribution in [1.29, 1.82) is 0 Å². The Hall–Kier alpha value is -1.13. The van der Waals surface area contributed by atoms with Crippen LogP contribution in [0.15, 0.2) is 18.3 Å². The summed E-state index contributed by atoms with van der Waals surface area (Å²) in [5, 5.41) is 3.35. The molecule has 1 aliphatic carbocycles.